The summed E-state index contributed by atoms with van der Waals surface area (Å²) < 4.78 is 0. The third kappa shape index (κ3) is 3.73. The number of benzene rings is 1. The monoisotopic (exact) mass is 454 g/mol. The normalized spacial score (nSPS) is 26.6. The Labute approximate surface area is 200 Å². The van der Waals surface area contributed by atoms with Gasteiger partial charge in [-0.1, -0.05) is 69.5 Å². The number of hydrogen-bond donors (Lipinski definition) is 1. The number of Topliss-reactive ketones (excluding diaryl/α,β-unsaturated/α-hetero) is 1. The number of nitrogens with zero attached hydrogens (tertiary/aromatic N) is 3. The van der Waals surface area contributed by atoms with E-state index in [0.717, 1.165) is 61.0 Å². The van der Waals surface area contributed by atoms with Crippen molar-refractivity contribution in [3.63, 3.8) is 0 Å². The average Bonchev–Trinajstić information content (AvgIpc) is 2.87. The van der Waals surface area contributed by atoms with Gasteiger partial charge in [-0.3, -0.25) is 10.1 Å². The molecule has 1 saturated carbocycles. The van der Waals surface area contributed by atoms with Crippen molar-refractivity contribution < 1.29 is 9.59 Å². The highest BCUT2D eigenvalue weighted by Gasteiger charge is 2.49. The number of fused-ring (bicyclic) bond motifs is 3. The molecule has 1 aromatic heterocycles. The third-order valence-electron chi connectivity index (χ3n) is 8.08. The fourth-order valence-electron chi connectivity index (χ4n) is 6.21. The van der Waals surface area contributed by atoms with Gasteiger partial charge < -0.3 is 4.79 Å². The second-order valence-electron chi connectivity index (χ2n) is 10.1. The molecule has 1 N–H and O–H groups in total. The number of anilines is 1. The molecular weight excluding hydrogens is 424 g/mol. The Hall–Kier alpha value is -3.33. The molecule has 1 amide bonds. The van der Waals surface area contributed by atoms with Crippen LogP contribution in [0.1, 0.15) is 63.6 Å². The fraction of sp³-hybridized carbons (Fsp3) is 0.464. The molecule has 0 aliphatic heterocycles. The van der Waals surface area contributed by atoms with Crippen LogP contribution in [0.4, 0.5) is 5.95 Å². The molecule has 2 aromatic rings. The first kappa shape index (κ1) is 22.5. The zero-order valence-electron chi connectivity index (χ0n) is 19.8. The summed E-state index contributed by atoms with van der Waals surface area (Å²) in [7, 11) is 0. The quantitative estimate of drug-likeness (QED) is 0.621. The lowest BCUT2D eigenvalue weighted by molar-refractivity contribution is -0.122. The van der Waals surface area contributed by atoms with Crippen molar-refractivity contribution in [1.29, 1.82) is 0 Å². The van der Waals surface area contributed by atoms with E-state index < -0.39 is 5.41 Å². The average molecular weight is 455 g/mol. The highest BCUT2D eigenvalue weighted by Crippen LogP contribution is 2.51. The van der Waals surface area contributed by atoms with Crippen molar-refractivity contribution >= 4 is 17.6 Å². The van der Waals surface area contributed by atoms with Crippen LogP contribution in [-0.2, 0) is 21.4 Å². The SMILES string of the molecule is [C-]#[N+]C1=C[C@@]2(C)c3nc(NC(=O)C4CCCCC4)nc(-c4ccccc4)c3CC[C@@H]2[C@@H](C)C1=O. The molecule has 3 aliphatic rings. The Bertz CT molecular complexity index is 1210. The van der Waals surface area contributed by atoms with Crippen LogP contribution in [0, 0.1) is 24.3 Å². The first-order chi connectivity index (χ1) is 16.4. The highest BCUT2D eigenvalue weighted by molar-refractivity contribution is 6.00. The molecular formula is C28H30N4O2. The number of carbonyl (C=O) groups excluding carboxylic acids is 2. The van der Waals surface area contributed by atoms with Gasteiger partial charge in [0.2, 0.25) is 17.6 Å². The van der Waals surface area contributed by atoms with E-state index in [1.54, 1.807) is 0 Å². The second-order valence-corrected chi connectivity index (χ2v) is 10.1. The minimum Gasteiger partial charge on any atom is -0.308 e. The van der Waals surface area contributed by atoms with Gasteiger partial charge in [0, 0.05) is 28.4 Å². The molecule has 174 valence electrons. The molecule has 1 aromatic carbocycles. The molecule has 0 bridgehead atoms. The lowest BCUT2D eigenvalue weighted by atomic mass is 9.58. The molecule has 0 unspecified atom stereocenters. The van der Waals surface area contributed by atoms with Crippen LogP contribution in [0.25, 0.3) is 16.1 Å². The van der Waals surface area contributed by atoms with Crippen LogP contribution in [0.3, 0.4) is 0 Å². The number of hydrogen-bond acceptors (Lipinski definition) is 4. The van der Waals surface area contributed by atoms with Crippen molar-refractivity contribution in [3.05, 3.63) is 64.8 Å². The molecule has 6 heteroatoms. The van der Waals surface area contributed by atoms with Crippen LogP contribution >= 0.6 is 0 Å². The summed E-state index contributed by atoms with van der Waals surface area (Å²) in [6.07, 6.45) is 8.55. The van der Waals surface area contributed by atoms with Gasteiger partial charge in [0.25, 0.3) is 0 Å². The molecule has 6 nitrogen and oxygen atoms in total. The van der Waals surface area contributed by atoms with E-state index in [0.29, 0.717) is 5.95 Å². The minimum absolute atomic E-state index is 0.00201. The molecule has 3 aliphatic carbocycles. The van der Waals surface area contributed by atoms with Gasteiger partial charge in [-0.05, 0) is 31.6 Å². The predicted octanol–water partition coefficient (Wildman–Crippen LogP) is 5.50. The molecule has 0 spiro atoms. The number of allylic oxidation sites excluding steroid dienone is 2. The van der Waals surface area contributed by atoms with E-state index >= 15 is 0 Å². The Kier molecular flexibility index (Phi) is 5.81. The maximum absolute atomic E-state index is 13.1. The van der Waals surface area contributed by atoms with Gasteiger partial charge in [-0.2, -0.15) is 0 Å². The summed E-state index contributed by atoms with van der Waals surface area (Å²) in [6, 6.07) is 9.99. The number of aromatic nitrogens is 2. The minimum atomic E-state index is -0.572. The number of carbonyl (C=O) groups is 2. The summed E-state index contributed by atoms with van der Waals surface area (Å²) in [5, 5.41) is 3.02. The van der Waals surface area contributed by atoms with Gasteiger partial charge in [-0.15, -0.1) is 0 Å². The van der Waals surface area contributed by atoms with Gasteiger partial charge in [0.05, 0.1) is 18.0 Å². The number of amides is 1. The van der Waals surface area contributed by atoms with Crippen molar-refractivity contribution in [3.8, 4) is 11.3 Å². The highest BCUT2D eigenvalue weighted by atomic mass is 16.2. The Morgan fingerprint density at radius 2 is 1.85 bits per heavy atom. The molecule has 1 fully saturated rings. The van der Waals surface area contributed by atoms with Crippen LogP contribution < -0.4 is 5.32 Å². The standard InChI is InChI=1S/C28H30N4O2/c1-17-21-15-14-20-23(18-10-6-4-7-11-18)30-27(32-26(34)19-12-8-5-9-13-19)31-25(20)28(21,2)16-22(29-3)24(17)33/h4,6-7,10-11,16-17,19,21H,5,8-9,12-15H2,1-2H3,(H,30,31,32,34)/t17-,21-,28-/m1/s1. The van der Waals surface area contributed by atoms with E-state index in [1.165, 1.54) is 6.42 Å². The number of nitrogens with one attached hydrogen (secondary N) is 1. The summed E-state index contributed by atoms with van der Waals surface area (Å²) in [6.45, 7) is 11.6. The first-order valence-corrected chi connectivity index (χ1v) is 12.3. The van der Waals surface area contributed by atoms with Crippen molar-refractivity contribution in [1.82, 2.24) is 9.97 Å². The second kappa shape index (κ2) is 8.79. The van der Waals surface area contributed by atoms with Crippen molar-refractivity contribution in [2.45, 2.75) is 64.2 Å². The molecule has 0 saturated heterocycles. The first-order valence-electron chi connectivity index (χ1n) is 12.3. The Morgan fingerprint density at radius 1 is 1.12 bits per heavy atom. The maximum Gasteiger partial charge on any atom is 0.230 e. The Balaban J connectivity index is 1.65. The summed E-state index contributed by atoms with van der Waals surface area (Å²) in [5.41, 5.74) is 3.29. The van der Waals surface area contributed by atoms with Crippen LogP contribution in [0.2, 0.25) is 0 Å². The zero-order chi connectivity index (χ0) is 23.9. The molecule has 34 heavy (non-hydrogen) atoms. The largest absolute Gasteiger partial charge is 0.308 e. The summed E-state index contributed by atoms with van der Waals surface area (Å²) >= 11 is 0. The maximum atomic E-state index is 13.1. The lowest BCUT2D eigenvalue weighted by Gasteiger charge is -2.46. The van der Waals surface area contributed by atoms with E-state index in [9.17, 15) is 9.59 Å². The van der Waals surface area contributed by atoms with Gasteiger partial charge in [0.1, 0.15) is 0 Å². The van der Waals surface area contributed by atoms with E-state index in [1.807, 2.05) is 43.3 Å². The van der Waals surface area contributed by atoms with Crippen molar-refractivity contribution in [2.24, 2.45) is 17.8 Å². The van der Waals surface area contributed by atoms with Crippen LogP contribution in [0.5, 0.6) is 0 Å². The van der Waals surface area contributed by atoms with Crippen LogP contribution in [-0.4, -0.2) is 21.7 Å². The smallest absolute Gasteiger partial charge is 0.230 e. The number of ketones is 1. The van der Waals surface area contributed by atoms with Crippen LogP contribution in [0.15, 0.2) is 42.1 Å². The van der Waals surface area contributed by atoms with E-state index in [2.05, 4.69) is 17.1 Å². The van der Waals surface area contributed by atoms with E-state index in [-0.39, 0.29) is 35.1 Å². The van der Waals surface area contributed by atoms with Gasteiger partial charge in [0.15, 0.2) is 5.78 Å². The lowest BCUT2D eigenvalue weighted by Crippen LogP contribution is -2.46. The summed E-state index contributed by atoms with van der Waals surface area (Å²) in [5.74, 6) is 0.0288. The van der Waals surface area contributed by atoms with Gasteiger partial charge >= 0.3 is 0 Å². The zero-order valence-corrected chi connectivity index (χ0v) is 19.8. The predicted molar refractivity (Wildman–Crippen MR) is 131 cm³/mol. The Morgan fingerprint density at radius 3 is 2.56 bits per heavy atom. The molecule has 5 rings (SSSR count). The summed E-state index contributed by atoms with van der Waals surface area (Å²) in [4.78, 5) is 39.1. The number of rotatable bonds is 3. The van der Waals surface area contributed by atoms with Crippen molar-refractivity contribution in [2.75, 3.05) is 5.32 Å². The fourth-order valence-corrected chi connectivity index (χ4v) is 6.21. The molecule has 1 heterocycles. The van der Waals surface area contributed by atoms with E-state index in [4.69, 9.17) is 16.5 Å². The third-order valence-corrected chi connectivity index (χ3v) is 8.08. The van der Waals surface area contributed by atoms with Gasteiger partial charge in [-0.25, -0.2) is 14.8 Å². The molecule has 3 atom stereocenters. The molecule has 0 radical (unpaired) electrons. The topological polar surface area (TPSA) is 76.3 Å².